The van der Waals surface area contributed by atoms with Crippen LogP contribution in [0, 0.1) is 0 Å². The summed E-state index contributed by atoms with van der Waals surface area (Å²) in [4.78, 5) is 14.7. The van der Waals surface area contributed by atoms with Crippen molar-refractivity contribution in [1.82, 2.24) is 29.4 Å². The quantitative estimate of drug-likeness (QED) is 0.721. The summed E-state index contributed by atoms with van der Waals surface area (Å²) >= 11 is 0. The number of rotatable bonds is 4. The molecule has 4 rings (SSSR count). The Balaban J connectivity index is 1.40. The second-order valence-corrected chi connectivity index (χ2v) is 6.77. The number of aryl methyl sites for hydroxylation is 1. The fourth-order valence-electron chi connectivity index (χ4n) is 3.55. The molecular formula is C19H22N6O. The Morgan fingerprint density at radius 1 is 1.27 bits per heavy atom. The lowest BCUT2D eigenvalue weighted by Gasteiger charge is -2.32. The van der Waals surface area contributed by atoms with Crippen molar-refractivity contribution in [2.24, 2.45) is 7.05 Å². The molecule has 3 heterocycles. The van der Waals surface area contributed by atoms with Gasteiger partial charge in [-0.25, -0.2) is 4.68 Å². The number of benzene rings is 1. The zero-order valence-electron chi connectivity index (χ0n) is 14.8. The molecule has 0 N–H and O–H groups in total. The molecule has 1 aliphatic heterocycles. The summed E-state index contributed by atoms with van der Waals surface area (Å²) in [5.74, 6) is 1.40. The maximum absolute atomic E-state index is 12.7. The maximum atomic E-state index is 12.7. The Bertz CT molecular complexity index is 868. The van der Waals surface area contributed by atoms with Crippen LogP contribution >= 0.6 is 0 Å². The van der Waals surface area contributed by atoms with E-state index in [-0.39, 0.29) is 11.8 Å². The molecule has 0 bridgehead atoms. The normalized spacial score (nSPS) is 17.4. The molecule has 134 valence electrons. The second kappa shape index (κ2) is 7.11. The molecule has 0 aliphatic carbocycles. The molecule has 7 heteroatoms. The molecule has 26 heavy (non-hydrogen) atoms. The first-order chi connectivity index (χ1) is 12.7. The van der Waals surface area contributed by atoms with Gasteiger partial charge in [-0.1, -0.05) is 12.1 Å². The van der Waals surface area contributed by atoms with Gasteiger partial charge in [0.2, 0.25) is 5.91 Å². The van der Waals surface area contributed by atoms with E-state index in [0.29, 0.717) is 6.42 Å². The molecule has 1 aromatic carbocycles. The lowest BCUT2D eigenvalue weighted by atomic mass is 9.96. The Morgan fingerprint density at radius 3 is 2.81 bits per heavy atom. The van der Waals surface area contributed by atoms with Crippen molar-refractivity contribution in [3.63, 3.8) is 0 Å². The van der Waals surface area contributed by atoms with Crippen molar-refractivity contribution in [1.29, 1.82) is 0 Å². The Kier molecular flexibility index (Phi) is 4.51. The summed E-state index contributed by atoms with van der Waals surface area (Å²) in [6, 6.07) is 9.88. The molecule has 7 nitrogen and oxygen atoms in total. The van der Waals surface area contributed by atoms with Crippen LogP contribution in [0.3, 0.4) is 0 Å². The van der Waals surface area contributed by atoms with Crippen molar-refractivity contribution in [2.75, 3.05) is 13.1 Å². The van der Waals surface area contributed by atoms with Gasteiger partial charge in [-0.05, 0) is 36.6 Å². The van der Waals surface area contributed by atoms with Crippen LogP contribution in [0.25, 0.3) is 5.69 Å². The Morgan fingerprint density at radius 2 is 2.12 bits per heavy atom. The molecule has 1 atom stereocenters. The molecule has 0 unspecified atom stereocenters. The van der Waals surface area contributed by atoms with Crippen molar-refractivity contribution in [3.05, 3.63) is 60.4 Å². The third-order valence-electron chi connectivity index (χ3n) is 4.95. The number of hydrogen-bond donors (Lipinski definition) is 0. The van der Waals surface area contributed by atoms with Gasteiger partial charge in [0.05, 0.1) is 12.1 Å². The minimum Gasteiger partial charge on any atom is -0.342 e. The number of amides is 1. The van der Waals surface area contributed by atoms with E-state index < -0.39 is 0 Å². The van der Waals surface area contributed by atoms with E-state index in [2.05, 4.69) is 15.3 Å². The lowest BCUT2D eigenvalue weighted by Crippen LogP contribution is -2.40. The highest BCUT2D eigenvalue weighted by Crippen LogP contribution is 2.25. The molecule has 0 saturated carbocycles. The first-order valence-corrected chi connectivity index (χ1v) is 8.91. The number of hydrogen-bond acceptors (Lipinski definition) is 4. The minimum atomic E-state index is 0.170. The van der Waals surface area contributed by atoms with Crippen LogP contribution in [0.2, 0.25) is 0 Å². The third-order valence-corrected chi connectivity index (χ3v) is 4.95. The van der Waals surface area contributed by atoms with Crippen LogP contribution in [0.5, 0.6) is 0 Å². The van der Waals surface area contributed by atoms with Crippen LogP contribution in [-0.4, -0.2) is 48.4 Å². The predicted octanol–water partition coefficient (Wildman–Crippen LogP) is 1.95. The molecule has 1 aliphatic rings. The van der Waals surface area contributed by atoms with E-state index in [9.17, 15) is 4.79 Å². The largest absolute Gasteiger partial charge is 0.342 e. The van der Waals surface area contributed by atoms with E-state index in [0.717, 1.165) is 43.0 Å². The van der Waals surface area contributed by atoms with Crippen molar-refractivity contribution in [2.45, 2.75) is 25.2 Å². The van der Waals surface area contributed by atoms with E-state index in [4.69, 9.17) is 0 Å². The van der Waals surface area contributed by atoms with Crippen molar-refractivity contribution >= 4 is 5.91 Å². The first-order valence-electron chi connectivity index (χ1n) is 8.91. The summed E-state index contributed by atoms with van der Waals surface area (Å²) in [5, 5.41) is 12.4. The predicted molar refractivity (Wildman–Crippen MR) is 96.8 cm³/mol. The van der Waals surface area contributed by atoms with E-state index in [1.807, 2.05) is 57.7 Å². The average Bonchev–Trinajstić information content (AvgIpc) is 3.34. The number of piperidine rings is 1. The van der Waals surface area contributed by atoms with Crippen LogP contribution in [0.4, 0.5) is 0 Å². The summed E-state index contributed by atoms with van der Waals surface area (Å²) < 4.78 is 3.76. The van der Waals surface area contributed by atoms with Gasteiger partial charge in [-0.15, -0.1) is 10.2 Å². The fraction of sp³-hybridized carbons (Fsp3) is 0.368. The maximum Gasteiger partial charge on any atom is 0.227 e. The monoisotopic (exact) mass is 350 g/mol. The number of aromatic nitrogens is 5. The number of carbonyl (C=O) groups excluding carboxylic acids is 1. The molecule has 1 saturated heterocycles. The van der Waals surface area contributed by atoms with E-state index in [1.54, 1.807) is 12.5 Å². The van der Waals surface area contributed by atoms with E-state index >= 15 is 0 Å². The lowest BCUT2D eigenvalue weighted by molar-refractivity contribution is -0.131. The number of carbonyl (C=O) groups is 1. The van der Waals surface area contributed by atoms with Gasteiger partial charge in [-0.2, -0.15) is 5.10 Å². The van der Waals surface area contributed by atoms with Gasteiger partial charge < -0.3 is 9.47 Å². The Labute approximate surface area is 152 Å². The average molecular weight is 350 g/mol. The van der Waals surface area contributed by atoms with Crippen LogP contribution in [0.15, 0.2) is 49.1 Å². The van der Waals surface area contributed by atoms with E-state index in [1.165, 1.54) is 0 Å². The molecule has 3 aromatic rings. The highest BCUT2D eigenvalue weighted by molar-refractivity contribution is 5.79. The van der Waals surface area contributed by atoms with Gasteiger partial charge in [-0.3, -0.25) is 4.79 Å². The van der Waals surface area contributed by atoms with Gasteiger partial charge in [0, 0.05) is 38.4 Å². The minimum absolute atomic E-state index is 0.170. The third kappa shape index (κ3) is 3.37. The molecule has 1 amide bonds. The highest BCUT2D eigenvalue weighted by Gasteiger charge is 2.27. The molecule has 1 fully saturated rings. The summed E-state index contributed by atoms with van der Waals surface area (Å²) in [6.07, 6.45) is 7.85. The Hall–Kier alpha value is -2.96. The topological polar surface area (TPSA) is 68.8 Å². The van der Waals surface area contributed by atoms with Gasteiger partial charge in [0.25, 0.3) is 0 Å². The second-order valence-electron chi connectivity index (χ2n) is 6.77. The first kappa shape index (κ1) is 16.5. The molecule has 0 spiro atoms. The van der Waals surface area contributed by atoms with Crippen LogP contribution < -0.4 is 0 Å². The van der Waals surface area contributed by atoms with Crippen LogP contribution in [-0.2, 0) is 18.3 Å². The zero-order valence-corrected chi connectivity index (χ0v) is 14.8. The van der Waals surface area contributed by atoms with Gasteiger partial charge in [0.1, 0.15) is 12.2 Å². The molecular weight excluding hydrogens is 328 g/mol. The van der Waals surface area contributed by atoms with Crippen LogP contribution in [0.1, 0.15) is 30.1 Å². The fourth-order valence-corrected chi connectivity index (χ4v) is 3.55. The standard InChI is InChI=1S/C19H22N6O/c1-23-14-20-22-19(23)16-4-2-10-24(13-16)18(26)12-15-5-7-17(8-6-15)25-11-3-9-21-25/h3,5-9,11,14,16H,2,4,10,12-13H2,1H3/t16-/m0/s1. The SMILES string of the molecule is Cn1cnnc1[C@H]1CCCN(C(=O)Cc2ccc(-n3cccn3)cc2)C1. The molecule has 0 radical (unpaired) electrons. The number of likely N-dealkylation sites (tertiary alicyclic amines) is 1. The van der Waals surface area contributed by atoms with Gasteiger partial charge >= 0.3 is 0 Å². The summed E-state index contributed by atoms with van der Waals surface area (Å²) in [5.41, 5.74) is 2.01. The number of nitrogens with zero attached hydrogens (tertiary/aromatic N) is 6. The summed E-state index contributed by atoms with van der Waals surface area (Å²) in [7, 11) is 1.96. The summed E-state index contributed by atoms with van der Waals surface area (Å²) in [6.45, 7) is 1.54. The van der Waals surface area contributed by atoms with Gasteiger partial charge in [0.15, 0.2) is 0 Å². The zero-order chi connectivity index (χ0) is 17.9. The smallest absolute Gasteiger partial charge is 0.227 e. The van der Waals surface area contributed by atoms with Crippen molar-refractivity contribution < 1.29 is 4.79 Å². The highest BCUT2D eigenvalue weighted by atomic mass is 16.2. The van der Waals surface area contributed by atoms with Crippen molar-refractivity contribution in [3.8, 4) is 5.69 Å². The molecule has 2 aromatic heterocycles.